The van der Waals surface area contributed by atoms with Gasteiger partial charge in [0.2, 0.25) is 5.91 Å². The first-order valence-corrected chi connectivity index (χ1v) is 14.6. The van der Waals surface area contributed by atoms with E-state index >= 15 is 0 Å². The van der Waals surface area contributed by atoms with Crippen molar-refractivity contribution in [2.24, 2.45) is 0 Å². The standard InChI is InChI=1S/C35H45N3O2/c1-5-20-37(25-31(39)22-27-11-7-6-8-12-27)26-34(40)38(24-28-15-17-30(18-16-28)35(2,3)4)21-19-29-23-36-33-14-10-9-13-32(29)33/h6-18,23,31,36,39H,5,19-22,24-26H2,1-4H3. The Balaban J connectivity index is 1.47. The molecule has 40 heavy (non-hydrogen) atoms. The van der Waals surface area contributed by atoms with Crippen LogP contribution in [0, 0.1) is 0 Å². The lowest BCUT2D eigenvalue weighted by Gasteiger charge is -2.29. The Hall–Kier alpha value is -3.41. The number of H-pyrrole nitrogens is 1. The number of para-hydroxylation sites is 1. The minimum absolute atomic E-state index is 0.0879. The highest BCUT2D eigenvalue weighted by atomic mass is 16.3. The summed E-state index contributed by atoms with van der Waals surface area (Å²) in [5.74, 6) is 0.0973. The second-order valence-electron chi connectivity index (χ2n) is 12.0. The van der Waals surface area contributed by atoms with Crippen LogP contribution in [0.25, 0.3) is 10.9 Å². The lowest BCUT2D eigenvalue weighted by Crippen LogP contribution is -2.44. The van der Waals surface area contributed by atoms with E-state index in [0.717, 1.165) is 36.0 Å². The third-order valence-electron chi connectivity index (χ3n) is 7.55. The van der Waals surface area contributed by atoms with Gasteiger partial charge in [-0.05, 0) is 59.5 Å². The van der Waals surface area contributed by atoms with Crippen LogP contribution in [0.15, 0.2) is 85.1 Å². The number of amides is 1. The van der Waals surface area contributed by atoms with E-state index in [1.54, 1.807) is 0 Å². The van der Waals surface area contributed by atoms with Crippen LogP contribution in [0.4, 0.5) is 0 Å². The number of nitrogens with one attached hydrogen (secondary N) is 1. The van der Waals surface area contributed by atoms with Crippen LogP contribution in [-0.2, 0) is 29.6 Å². The van der Waals surface area contributed by atoms with Gasteiger partial charge < -0.3 is 15.0 Å². The highest BCUT2D eigenvalue weighted by Gasteiger charge is 2.21. The van der Waals surface area contributed by atoms with Gasteiger partial charge in [-0.2, -0.15) is 0 Å². The molecule has 0 saturated carbocycles. The second kappa shape index (κ2) is 13.8. The summed E-state index contributed by atoms with van der Waals surface area (Å²) in [6.07, 6.45) is 3.83. The molecule has 1 unspecified atom stereocenters. The van der Waals surface area contributed by atoms with Crippen LogP contribution in [0.3, 0.4) is 0 Å². The van der Waals surface area contributed by atoms with E-state index < -0.39 is 6.10 Å². The molecule has 0 aliphatic rings. The number of aliphatic hydroxyl groups excluding tert-OH is 1. The van der Waals surface area contributed by atoms with Crippen LogP contribution in [0.1, 0.15) is 56.4 Å². The molecule has 1 atom stereocenters. The summed E-state index contributed by atoms with van der Waals surface area (Å²) in [7, 11) is 0. The first kappa shape index (κ1) is 29.6. The zero-order chi connectivity index (χ0) is 28.5. The SMILES string of the molecule is CCCN(CC(=O)N(CCc1c[nH]c2ccccc12)Cc1ccc(C(C)(C)C)cc1)CC(O)Cc1ccccc1. The minimum Gasteiger partial charge on any atom is -0.391 e. The van der Waals surface area contributed by atoms with Crippen molar-refractivity contribution < 1.29 is 9.90 Å². The van der Waals surface area contributed by atoms with E-state index in [1.807, 2.05) is 41.3 Å². The molecule has 3 aromatic carbocycles. The van der Waals surface area contributed by atoms with Crippen molar-refractivity contribution in [2.75, 3.05) is 26.2 Å². The van der Waals surface area contributed by atoms with Crippen molar-refractivity contribution in [3.8, 4) is 0 Å². The van der Waals surface area contributed by atoms with Crippen LogP contribution < -0.4 is 0 Å². The van der Waals surface area contributed by atoms with E-state index in [4.69, 9.17) is 0 Å². The molecule has 5 heteroatoms. The Bertz CT molecular complexity index is 1340. The molecular formula is C35H45N3O2. The molecular weight excluding hydrogens is 494 g/mol. The summed E-state index contributed by atoms with van der Waals surface area (Å²) in [5.41, 5.74) is 5.96. The Labute approximate surface area is 239 Å². The second-order valence-corrected chi connectivity index (χ2v) is 12.0. The number of aromatic nitrogens is 1. The van der Waals surface area contributed by atoms with Gasteiger partial charge in [0, 0.05) is 36.7 Å². The Morgan fingerprint density at radius 2 is 1.60 bits per heavy atom. The summed E-state index contributed by atoms with van der Waals surface area (Å²) in [4.78, 5) is 21.3. The average Bonchev–Trinajstić information content (AvgIpc) is 3.34. The third-order valence-corrected chi connectivity index (χ3v) is 7.55. The monoisotopic (exact) mass is 539 g/mol. The topological polar surface area (TPSA) is 59.6 Å². The predicted octanol–water partition coefficient (Wildman–Crippen LogP) is 6.35. The highest BCUT2D eigenvalue weighted by molar-refractivity contribution is 5.83. The van der Waals surface area contributed by atoms with Gasteiger partial charge in [-0.1, -0.05) is 100 Å². The summed E-state index contributed by atoms with van der Waals surface area (Å²) in [6, 6.07) is 27.0. The molecule has 1 amide bonds. The molecule has 0 radical (unpaired) electrons. The fraction of sp³-hybridized carbons (Fsp3) is 0.400. The number of carbonyl (C=O) groups is 1. The van der Waals surface area contributed by atoms with Crippen LogP contribution in [0.2, 0.25) is 0 Å². The first-order chi connectivity index (χ1) is 19.2. The maximum absolute atomic E-state index is 13.8. The van der Waals surface area contributed by atoms with Gasteiger partial charge in [-0.3, -0.25) is 9.69 Å². The van der Waals surface area contributed by atoms with Gasteiger partial charge in [0.1, 0.15) is 0 Å². The smallest absolute Gasteiger partial charge is 0.237 e. The number of hydrogen-bond acceptors (Lipinski definition) is 3. The fourth-order valence-corrected chi connectivity index (χ4v) is 5.31. The van der Waals surface area contributed by atoms with Crippen LogP contribution >= 0.6 is 0 Å². The molecule has 5 nitrogen and oxygen atoms in total. The van der Waals surface area contributed by atoms with Gasteiger partial charge in [0.15, 0.2) is 0 Å². The largest absolute Gasteiger partial charge is 0.391 e. The number of rotatable bonds is 13. The van der Waals surface area contributed by atoms with E-state index in [0.29, 0.717) is 32.6 Å². The number of fused-ring (bicyclic) bond motifs is 1. The molecule has 1 aromatic heterocycles. The van der Waals surface area contributed by atoms with Crippen molar-refractivity contribution in [2.45, 2.75) is 65.0 Å². The Morgan fingerprint density at radius 1 is 0.900 bits per heavy atom. The van der Waals surface area contributed by atoms with Gasteiger partial charge >= 0.3 is 0 Å². The quantitative estimate of drug-likeness (QED) is 0.208. The molecule has 0 saturated heterocycles. The van der Waals surface area contributed by atoms with Crippen molar-refractivity contribution >= 4 is 16.8 Å². The highest BCUT2D eigenvalue weighted by Crippen LogP contribution is 2.23. The molecule has 0 aliphatic heterocycles. The van der Waals surface area contributed by atoms with Gasteiger partial charge in [0.05, 0.1) is 12.6 Å². The molecule has 0 bridgehead atoms. The lowest BCUT2D eigenvalue weighted by molar-refractivity contribution is -0.133. The number of hydrogen-bond donors (Lipinski definition) is 2. The number of carbonyl (C=O) groups excluding carboxylic acids is 1. The minimum atomic E-state index is -0.522. The summed E-state index contributed by atoms with van der Waals surface area (Å²) in [6.45, 7) is 11.5. The predicted molar refractivity (Wildman–Crippen MR) is 165 cm³/mol. The molecule has 4 rings (SSSR count). The number of nitrogens with zero attached hydrogens (tertiary/aromatic N) is 2. The maximum atomic E-state index is 13.8. The van der Waals surface area contributed by atoms with E-state index in [9.17, 15) is 9.90 Å². The van der Waals surface area contributed by atoms with E-state index in [2.05, 4.69) is 86.2 Å². The number of aliphatic hydroxyl groups is 1. The average molecular weight is 540 g/mol. The van der Waals surface area contributed by atoms with Crippen LogP contribution in [-0.4, -0.2) is 58.1 Å². The molecule has 2 N–H and O–H groups in total. The van der Waals surface area contributed by atoms with Gasteiger partial charge in [-0.15, -0.1) is 0 Å². The Kier molecular flexibility index (Phi) is 10.2. The normalized spacial score (nSPS) is 12.7. The summed E-state index contributed by atoms with van der Waals surface area (Å²) in [5, 5.41) is 12.0. The lowest BCUT2D eigenvalue weighted by atomic mass is 9.87. The zero-order valence-corrected chi connectivity index (χ0v) is 24.6. The summed E-state index contributed by atoms with van der Waals surface area (Å²) >= 11 is 0. The van der Waals surface area contributed by atoms with Crippen molar-refractivity contribution in [1.82, 2.24) is 14.8 Å². The first-order valence-electron chi connectivity index (χ1n) is 14.6. The van der Waals surface area contributed by atoms with E-state index in [-0.39, 0.29) is 11.3 Å². The van der Waals surface area contributed by atoms with Crippen LogP contribution in [0.5, 0.6) is 0 Å². The van der Waals surface area contributed by atoms with Crippen molar-refractivity contribution in [1.29, 1.82) is 0 Å². The number of aromatic amines is 1. The van der Waals surface area contributed by atoms with Gasteiger partial charge in [0.25, 0.3) is 0 Å². The number of benzene rings is 3. The van der Waals surface area contributed by atoms with Gasteiger partial charge in [-0.25, -0.2) is 0 Å². The van der Waals surface area contributed by atoms with E-state index in [1.165, 1.54) is 16.5 Å². The fourth-order valence-electron chi connectivity index (χ4n) is 5.31. The molecule has 0 fully saturated rings. The molecule has 212 valence electrons. The molecule has 0 spiro atoms. The molecule has 4 aromatic rings. The maximum Gasteiger partial charge on any atom is 0.237 e. The molecule has 1 heterocycles. The Morgan fingerprint density at radius 3 is 2.30 bits per heavy atom. The third kappa shape index (κ3) is 8.30. The molecule has 0 aliphatic carbocycles. The van der Waals surface area contributed by atoms with Crippen molar-refractivity contribution in [3.63, 3.8) is 0 Å². The zero-order valence-electron chi connectivity index (χ0n) is 24.6. The summed E-state index contributed by atoms with van der Waals surface area (Å²) < 4.78 is 0. The van der Waals surface area contributed by atoms with Crippen molar-refractivity contribution in [3.05, 3.63) is 107 Å².